The Bertz CT molecular complexity index is 458. The standard InChI is InChI=1S/C14H17F3O3/c1-9(12(18)20-13(2,3)4)19-11-7-5-10(6-8-11)14(15,16)17/h5-9H,1-4H3/t9-/m0/s1. The average Bonchev–Trinajstić information content (AvgIpc) is 2.26. The second-order valence-electron chi connectivity index (χ2n) is 5.32. The molecule has 3 nitrogen and oxygen atoms in total. The number of carbonyl (C=O) groups is 1. The van der Waals surface area contributed by atoms with E-state index in [-0.39, 0.29) is 5.75 Å². The molecule has 0 aromatic heterocycles. The van der Waals surface area contributed by atoms with Gasteiger partial charge in [0.05, 0.1) is 5.56 Å². The van der Waals surface area contributed by atoms with E-state index in [4.69, 9.17) is 9.47 Å². The molecule has 1 rings (SSSR count). The average molecular weight is 290 g/mol. The van der Waals surface area contributed by atoms with Crippen molar-refractivity contribution in [2.45, 2.75) is 45.6 Å². The molecule has 1 aromatic carbocycles. The molecular formula is C14H17F3O3. The van der Waals surface area contributed by atoms with E-state index in [0.717, 1.165) is 12.1 Å². The van der Waals surface area contributed by atoms with Crippen molar-refractivity contribution in [3.63, 3.8) is 0 Å². The highest BCUT2D eigenvalue weighted by atomic mass is 19.4. The lowest BCUT2D eigenvalue weighted by Crippen LogP contribution is -2.33. The van der Waals surface area contributed by atoms with Gasteiger partial charge in [0.2, 0.25) is 0 Å². The van der Waals surface area contributed by atoms with Crippen LogP contribution in [0, 0.1) is 0 Å². The fourth-order valence-corrected chi connectivity index (χ4v) is 1.36. The molecule has 0 aliphatic carbocycles. The van der Waals surface area contributed by atoms with Crippen LogP contribution >= 0.6 is 0 Å². The summed E-state index contributed by atoms with van der Waals surface area (Å²) < 4.78 is 47.5. The largest absolute Gasteiger partial charge is 0.479 e. The maximum absolute atomic E-state index is 12.4. The SMILES string of the molecule is C[C@H](Oc1ccc(C(F)(F)F)cc1)C(=O)OC(C)(C)C. The third-order valence-corrected chi connectivity index (χ3v) is 2.23. The zero-order valence-electron chi connectivity index (χ0n) is 11.7. The number of alkyl halides is 3. The first-order valence-corrected chi connectivity index (χ1v) is 6.06. The Morgan fingerprint density at radius 1 is 1.10 bits per heavy atom. The first-order chi connectivity index (χ1) is 8.99. The van der Waals surface area contributed by atoms with Crippen LogP contribution in [0.15, 0.2) is 24.3 Å². The molecule has 20 heavy (non-hydrogen) atoms. The molecule has 1 aromatic rings. The highest BCUT2D eigenvalue weighted by molar-refractivity contribution is 5.75. The second-order valence-corrected chi connectivity index (χ2v) is 5.32. The van der Waals surface area contributed by atoms with Crippen LogP contribution < -0.4 is 4.74 Å². The third kappa shape index (κ3) is 5.11. The van der Waals surface area contributed by atoms with Gasteiger partial charge in [-0.25, -0.2) is 4.79 Å². The van der Waals surface area contributed by atoms with Crippen LogP contribution in [0.5, 0.6) is 5.75 Å². The summed E-state index contributed by atoms with van der Waals surface area (Å²) in [6, 6.07) is 4.14. The van der Waals surface area contributed by atoms with E-state index in [0.29, 0.717) is 0 Å². The number of ether oxygens (including phenoxy) is 2. The van der Waals surface area contributed by atoms with Crippen molar-refractivity contribution in [3.8, 4) is 5.75 Å². The molecule has 0 unspecified atom stereocenters. The third-order valence-electron chi connectivity index (χ3n) is 2.23. The van der Waals surface area contributed by atoms with Gasteiger partial charge in [-0.1, -0.05) is 0 Å². The summed E-state index contributed by atoms with van der Waals surface area (Å²) in [6.45, 7) is 6.63. The molecule has 0 aliphatic heterocycles. The van der Waals surface area contributed by atoms with Gasteiger partial charge in [-0.15, -0.1) is 0 Å². The molecule has 0 radical (unpaired) electrons. The van der Waals surface area contributed by atoms with Crippen molar-refractivity contribution >= 4 is 5.97 Å². The van der Waals surface area contributed by atoms with Crippen molar-refractivity contribution in [2.24, 2.45) is 0 Å². The van der Waals surface area contributed by atoms with Crippen molar-refractivity contribution in [2.75, 3.05) is 0 Å². The quantitative estimate of drug-likeness (QED) is 0.794. The van der Waals surface area contributed by atoms with Crippen LogP contribution in [0.2, 0.25) is 0 Å². The van der Waals surface area contributed by atoms with Crippen molar-refractivity contribution in [1.29, 1.82) is 0 Å². The highest BCUT2D eigenvalue weighted by Gasteiger charge is 2.30. The summed E-state index contributed by atoms with van der Waals surface area (Å²) in [6.07, 6.45) is -5.29. The van der Waals surface area contributed by atoms with Crippen LogP contribution in [-0.4, -0.2) is 17.7 Å². The normalized spacial score (nSPS) is 13.8. The summed E-state index contributed by atoms with van der Waals surface area (Å²) in [7, 11) is 0. The molecule has 0 bridgehead atoms. The molecular weight excluding hydrogens is 273 g/mol. The minimum Gasteiger partial charge on any atom is -0.479 e. The van der Waals surface area contributed by atoms with Gasteiger partial charge in [0.15, 0.2) is 6.10 Å². The molecule has 0 aliphatic rings. The van der Waals surface area contributed by atoms with Crippen molar-refractivity contribution in [1.82, 2.24) is 0 Å². The van der Waals surface area contributed by atoms with Gasteiger partial charge < -0.3 is 9.47 Å². The summed E-state index contributed by atoms with van der Waals surface area (Å²) in [4.78, 5) is 11.7. The molecule has 1 atom stereocenters. The zero-order chi connectivity index (χ0) is 15.6. The topological polar surface area (TPSA) is 35.5 Å². The summed E-state index contributed by atoms with van der Waals surface area (Å²) in [5, 5.41) is 0. The van der Waals surface area contributed by atoms with E-state index in [2.05, 4.69) is 0 Å². The Labute approximate surface area is 115 Å². The van der Waals surface area contributed by atoms with Crippen LogP contribution in [0.4, 0.5) is 13.2 Å². The first kappa shape index (κ1) is 16.3. The monoisotopic (exact) mass is 290 g/mol. The van der Waals surface area contributed by atoms with Crippen LogP contribution in [-0.2, 0) is 15.7 Å². The maximum Gasteiger partial charge on any atom is 0.416 e. The summed E-state index contributed by atoms with van der Waals surface area (Å²) in [5.41, 5.74) is -1.41. The molecule has 0 amide bonds. The van der Waals surface area contributed by atoms with Crippen LogP contribution in [0.3, 0.4) is 0 Å². The molecule has 0 N–H and O–H groups in total. The van der Waals surface area contributed by atoms with Crippen LogP contribution in [0.1, 0.15) is 33.3 Å². The van der Waals surface area contributed by atoms with E-state index < -0.39 is 29.4 Å². The van der Waals surface area contributed by atoms with Crippen molar-refractivity contribution < 1.29 is 27.4 Å². The van der Waals surface area contributed by atoms with E-state index in [1.807, 2.05) is 0 Å². The predicted molar refractivity (Wildman–Crippen MR) is 67.4 cm³/mol. The van der Waals surface area contributed by atoms with E-state index in [1.54, 1.807) is 20.8 Å². The van der Waals surface area contributed by atoms with Crippen LogP contribution in [0.25, 0.3) is 0 Å². The first-order valence-electron chi connectivity index (χ1n) is 6.06. The number of halogens is 3. The van der Waals surface area contributed by atoms with Gasteiger partial charge >= 0.3 is 12.1 Å². The number of benzene rings is 1. The van der Waals surface area contributed by atoms with E-state index >= 15 is 0 Å². The smallest absolute Gasteiger partial charge is 0.416 e. The second kappa shape index (κ2) is 5.73. The summed E-state index contributed by atoms with van der Waals surface area (Å²) in [5.74, 6) is -0.395. The van der Waals surface area contributed by atoms with Gasteiger partial charge in [-0.3, -0.25) is 0 Å². The predicted octanol–water partition coefficient (Wildman–Crippen LogP) is 3.81. The number of hydrogen-bond donors (Lipinski definition) is 0. The highest BCUT2D eigenvalue weighted by Crippen LogP contribution is 2.30. The molecule has 0 saturated heterocycles. The Morgan fingerprint density at radius 2 is 1.60 bits per heavy atom. The Kier molecular flexibility index (Phi) is 4.68. The van der Waals surface area contributed by atoms with E-state index in [1.165, 1.54) is 19.1 Å². The molecule has 0 heterocycles. The number of carbonyl (C=O) groups excluding carboxylic acids is 1. The lowest BCUT2D eigenvalue weighted by Gasteiger charge is -2.22. The molecule has 0 saturated carbocycles. The Hall–Kier alpha value is -1.72. The Balaban J connectivity index is 2.67. The molecule has 0 fully saturated rings. The Morgan fingerprint density at radius 3 is 2.00 bits per heavy atom. The number of hydrogen-bond acceptors (Lipinski definition) is 3. The minimum atomic E-state index is -4.39. The van der Waals surface area contributed by atoms with Gasteiger partial charge in [0.25, 0.3) is 0 Å². The van der Waals surface area contributed by atoms with Crippen molar-refractivity contribution in [3.05, 3.63) is 29.8 Å². The maximum atomic E-state index is 12.4. The molecule has 6 heteroatoms. The fraction of sp³-hybridized carbons (Fsp3) is 0.500. The molecule has 0 spiro atoms. The van der Waals surface area contributed by atoms with Gasteiger partial charge in [0, 0.05) is 0 Å². The minimum absolute atomic E-state index is 0.177. The van der Waals surface area contributed by atoms with Gasteiger partial charge in [-0.2, -0.15) is 13.2 Å². The number of esters is 1. The zero-order valence-corrected chi connectivity index (χ0v) is 11.7. The van der Waals surface area contributed by atoms with Gasteiger partial charge in [0.1, 0.15) is 11.4 Å². The van der Waals surface area contributed by atoms with Gasteiger partial charge in [-0.05, 0) is 52.0 Å². The van der Waals surface area contributed by atoms with E-state index in [9.17, 15) is 18.0 Å². The lowest BCUT2D eigenvalue weighted by molar-refractivity contribution is -0.162. The summed E-state index contributed by atoms with van der Waals surface area (Å²) >= 11 is 0. The fourth-order valence-electron chi connectivity index (χ4n) is 1.36. The molecule has 112 valence electrons. The lowest BCUT2D eigenvalue weighted by atomic mass is 10.2. The number of rotatable bonds is 3.